The average Bonchev–Trinajstić information content (AvgIpc) is 2.46. The van der Waals surface area contributed by atoms with Crippen molar-refractivity contribution in [3.63, 3.8) is 0 Å². The third kappa shape index (κ3) is 3.70. The minimum atomic E-state index is -1.06. The predicted octanol–water partition coefficient (Wildman–Crippen LogP) is 3.63. The van der Waals surface area contributed by atoms with E-state index in [1.54, 1.807) is 0 Å². The van der Waals surface area contributed by atoms with Crippen molar-refractivity contribution in [1.82, 2.24) is 0 Å². The number of hydrogen-bond acceptors (Lipinski definition) is 2. The van der Waals surface area contributed by atoms with Crippen LogP contribution in [-0.2, 0) is 12.8 Å². The maximum atomic E-state index is 11.2. The molecule has 0 bridgehead atoms. The molecule has 0 aromatic heterocycles. The number of carboxylic acid groups (broad SMARTS) is 2. The maximum absolute atomic E-state index is 11.2. The molecule has 2 aromatic carbocycles. The van der Waals surface area contributed by atoms with Crippen molar-refractivity contribution >= 4 is 27.9 Å². The van der Waals surface area contributed by atoms with Gasteiger partial charge < -0.3 is 10.2 Å². The standard InChI is InChI=1S/C16H13BrO4/c17-14-4-2-1-3-10(14)5-6-11-9-12(15(18)19)7-8-13(11)16(20)21/h1-4,7-9H,5-6H2,(H,18,19)(H,20,21). The van der Waals surface area contributed by atoms with Crippen molar-refractivity contribution in [2.24, 2.45) is 0 Å². The van der Waals surface area contributed by atoms with Gasteiger partial charge in [-0.2, -0.15) is 0 Å². The summed E-state index contributed by atoms with van der Waals surface area (Å²) in [5.41, 5.74) is 1.82. The summed E-state index contributed by atoms with van der Waals surface area (Å²) < 4.78 is 0.955. The number of aromatic carboxylic acids is 2. The van der Waals surface area contributed by atoms with Crippen LogP contribution >= 0.6 is 15.9 Å². The van der Waals surface area contributed by atoms with E-state index in [1.807, 2.05) is 24.3 Å². The molecule has 0 spiro atoms. The maximum Gasteiger partial charge on any atom is 0.335 e. The number of aryl methyl sites for hydroxylation is 2. The Hall–Kier alpha value is -2.14. The smallest absolute Gasteiger partial charge is 0.335 e. The highest BCUT2D eigenvalue weighted by molar-refractivity contribution is 9.10. The van der Waals surface area contributed by atoms with Crippen LogP contribution in [0.4, 0.5) is 0 Å². The van der Waals surface area contributed by atoms with Crippen LogP contribution in [0.5, 0.6) is 0 Å². The van der Waals surface area contributed by atoms with Crippen molar-refractivity contribution in [3.05, 3.63) is 69.2 Å². The molecule has 0 aliphatic rings. The minimum Gasteiger partial charge on any atom is -0.478 e. The zero-order valence-corrected chi connectivity index (χ0v) is 12.6. The van der Waals surface area contributed by atoms with Crippen LogP contribution in [-0.4, -0.2) is 22.2 Å². The number of rotatable bonds is 5. The summed E-state index contributed by atoms with van der Waals surface area (Å²) in [6, 6.07) is 11.8. The van der Waals surface area contributed by atoms with E-state index in [-0.39, 0.29) is 11.1 Å². The first-order valence-corrected chi connectivity index (χ1v) is 7.11. The fraction of sp³-hybridized carbons (Fsp3) is 0.125. The Labute approximate surface area is 130 Å². The van der Waals surface area contributed by atoms with Gasteiger partial charge in [0.15, 0.2) is 0 Å². The Morgan fingerprint density at radius 1 is 0.905 bits per heavy atom. The number of carboxylic acids is 2. The molecule has 0 saturated heterocycles. The second-order valence-corrected chi connectivity index (χ2v) is 5.43. The Morgan fingerprint density at radius 2 is 1.57 bits per heavy atom. The van der Waals surface area contributed by atoms with E-state index >= 15 is 0 Å². The summed E-state index contributed by atoms with van der Waals surface area (Å²) in [6.45, 7) is 0. The van der Waals surface area contributed by atoms with Gasteiger partial charge in [-0.05, 0) is 48.2 Å². The van der Waals surface area contributed by atoms with Crippen molar-refractivity contribution in [1.29, 1.82) is 0 Å². The van der Waals surface area contributed by atoms with Crippen LogP contribution in [0.15, 0.2) is 46.9 Å². The lowest BCUT2D eigenvalue weighted by molar-refractivity contribution is 0.0680. The molecule has 0 unspecified atom stereocenters. The zero-order chi connectivity index (χ0) is 15.4. The Bertz CT molecular complexity index is 694. The van der Waals surface area contributed by atoms with Crippen molar-refractivity contribution in [2.45, 2.75) is 12.8 Å². The highest BCUT2D eigenvalue weighted by Gasteiger charge is 2.13. The number of benzene rings is 2. The molecule has 0 aliphatic carbocycles. The third-order valence-electron chi connectivity index (χ3n) is 3.20. The van der Waals surface area contributed by atoms with Gasteiger partial charge in [0.05, 0.1) is 11.1 Å². The Balaban J connectivity index is 2.29. The lowest BCUT2D eigenvalue weighted by atomic mass is 9.97. The van der Waals surface area contributed by atoms with Gasteiger partial charge in [0.1, 0.15) is 0 Å². The molecule has 21 heavy (non-hydrogen) atoms. The fourth-order valence-electron chi connectivity index (χ4n) is 2.11. The van der Waals surface area contributed by atoms with E-state index in [1.165, 1.54) is 18.2 Å². The molecule has 2 N–H and O–H groups in total. The Kier molecular flexibility index (Phi) is 4.75. The summed E-state index contributed by atoms with van der Waals surface area (Å²) in [5, 5.41) is 18.2. The molecule has 0 aliphatic heterocycles. The van der Waals surface area contributed by atoms with Crippen LogP contribution in [0.2, 0.25) is 0 Å². The predicted molar refractivity (Wildman–Crippen MR) is 81.9 cm³/mol. The number of hydrogen-bond donors (Lipinski definition) is 2. The quantitative estimate of drug-likeness (QED) is 0.864. The van der Waals surface area contributed by atoms with Gasteiger partial charge in [-0.3, -0.25) is 0 Å². The lowest BCUT2D eigenvalue weighted by Gasteiger charge is -2.09. The van der Waals surface area contributed by atoms with E-state index in [9.17, 15) is 14.7 Å². The molecule has 0 amide bonds. The summed E-state index contributed by atoms with van der Waals surface area (Å²) >= 11 is 3.44. The number of carbonyl (C=O) groups is 2. The number of halogens is 1. The summed E-state index contributed by atoms with van der Waals surface area (Å²) in [4.78, 5) is 22.2. The average molecular weight is 349 g/mol. The second-order valence-electron chi connectivity index (χ2n) is 4.57. The van der Waals surface area contributed by atoms with Crippen LogP contribution in [0, 0.1) is 0 Å². The van der Waals surface area contributed by atoms with Crippen LogP contribution in [0.3, 0.4) is 0 Å². The molecule has 2 rings (SSSR count). The van der Waals surface area contributed by atoms with Gasteiger partial charge in [-0.25, -0.2) is 9.59 Å². The fourth-order valence-corrected chi connectivity index (χ4v) is 2.60. The summed E-state index contributed by atoms with van der Waals surface area (Å²) in [6.07, 6.45) is 1.09. The molecular formula is C16H13BrO4. The van der Waals surface area contributed by atoms with Gasteiger partial charge in [0.25, 0.3) is 0 Å². The van der Waals surface area contributed by atoms with Crippen molar-refractivity contribution in [3.8, 4) is 0 Å². The molecule has 0 fully saturated rings. The van der Waals surface area contributed by atoms with Gasteiger partial charge in [-0.1, -0.05) is 34.1 Å². The zero-order valence-electron chi connectivity index (χ0n) is 11.0. The van der Waals surface area contributed by atoms with Gasteiger partial charge in [0.2, 0.25) is 0 Å². The van der Waals surface area contributed by atoms with E-state index in [2.05, 4.69) is 15.9 Å². The van der Waals surface area contributed by atoms with Gasteiger partial charge >= 0.3 is 11.9 Å². The first kappa shape index (κ1) is 15.3. The largest absolute Gasteiger partial charge is 0.478 e. The molecule has 108 valence electrons. The topological polar surface area (TPSA) is 74.6 Å². The monoisotopic (exact) mass is 348 g/mol. The summed E-state index contributed by atoms with van der Waals surface area (Å²) in [7, 11) is 0. The van der Waals surface area contributed by atoms with E-state index in [4.69, 9.17) is 5.11 Å². The summed E-state index contributed by atoms with van der Waals surface area (Å²) in [5.74, 6) is -2.11. The first-order valence-electron chi connectivity index (χ1n) is 6.32. The van der Waals surface area contributed by atoms with Crippen molar-refractivity contribution in [2.75, 3.05) is 0 Å². The SMILES string of the molecule is O=C(O)c1ccc(C(=O)O)c(CCc2ccccc2Br)c1. The molecule has 4 nitrogen and oxygen atoms in total. The molecule has 5 heteroatoms. The minimum absolute atomic E-state index is 0.0992. The Morgan fingerprint density at radius 3 is 2.19 bits per heavy atom. The van der Waals surface area contributed by atoms with Crippen LogP contribution in [0.25, 0.3) is 0 Å². The van der Waals surface area contributed by atoms with Gasteiger partial charge in [0, 0.05) is 4.47 Å². The van der Waals surface area contributed by atoms with Gasteiger partial charge in [-0.15, -0.1) is 0 Å². The first-order chi connectivity index (χ1) is 9.99. The highest BCUT2D eigenvalue weighted by Crippen LogP contribution is 2.20. The van der Waals surface area contributed by atoms with Crippen molar-refractivity contribution < 1.29 is 19.8 Å². The molecule has 0 radical (unpaired) electrons. The van der Waals surface area contributed by atoms with Crippen LogP contribution < -0.4 is 0 Å². The molecule has 0 heterocycles. The highest BCUT2D eigenvalue weighted by atomic mass is 79.9. The van der Waals surface area contributed by atoms with E-state index < -0.39 is 11.9 Å². The molecule has 0 saturated carbocycles. The van der Waals surface area contributed by atoms with E-state index in [0.717, 1.165) is 10.0 Å². The third-order valence-corrected chi connectivity index (χ3v) is 3.98. The van der Waals surface area contributed by atoms with Crippen LogP contribution in [0.1, 0.15) is 31.8 Å². The second kappa shape index (κ2) is 6.54. The normalized spacial score (nSPS) is 10.3. The molecule has 2 aromatic rings. The van der Waals surface area contributed by atoms with E-state index in [0.29, 0.717) is 18.4 Å². The lowest BCUT2D eigenvalue weighted by Crippen LogP contribution is -2.07. The molecular weight excluding hydrogens is 336 g/mol. The molecule has 0 atom stereocenters.